The van der Waals surface area contributed by atoms with Gasteiger partial charge in [0.15, 0.2) is 0 Å². The molecule has 0 aromatic heterocycles. The lowest BCUT2D eigenvalue weighted by Gasteiger charge is -2.09. The minimum Gasteiger partial charge on any atom is -0.369 e. The lowest BCUT2D eigenvalue weighted by molar-refractivity contribution is 0.762. The van der Waals surface area contributed by atoms with Crippen molar-refractivity contribution >= 4 is 22.4 Å². The van der Waals surface area contributed by atoms with Crippen LogP contribution in [0.5, 0.6) is 0 Å². The lowest BCUT2D eigenvalue weighted by atomic mass is 10.00. The number of guanidine groups is 1. The molecule has 1 aliphatic carbocycles. The van der Waals surface area contributed by atoms with Crippen LogP contribution in [0.3, 0.4) is 0 Å². The molecule has 98 valence electrons. The molecule has 0 bridgehead atoms. The highest BCUT2D eigenvalue weighted by Gasteiger charge is 2.25. The molecule has 0 atom stereocenters. The highest BCUT2D eigenvalue weighted by molar-refractivity contribution is 5.97. The standard InChI is InChI=1S/C15H18N4/c1-17-19-15(16)18-14-9-8-11(10-6-7-10)12-4-2-3-5-13(12)14/h2-5,8-10,17H,6-7H2,1H3,(H3,16,18,19). The first kappa shape index (κ1) is 12.0. The van der Waals surface area contributed by atoms with Gasteiger partial charge in [0, 0.05) is 12.4 Å². The van der Waals surface area contributed by atoms with Gasteiger partial charge in [-0.1, -0.05) is 30.3 Å². The lowest BCUT2D eigenvalue weighted by Crippen LogP contribution is -2.39. The number of nitrogens with one attached hydrogen (secondary N) is 2. The van der Waals surface area contributed by atoms with Crippen LogP contribution in [0.1, 0.15) is 24.3 Å². The Labute approximate surface area is 112 Å². The molecular weight excluding hydrogens is 236 g/mol. The van der Waals surface area contributed by atoms with Gasteiger partial charge in [0.05, 0.1) is 5.69 Å². The maximum absolute atomic E-state index is 5.79. The van der Waals surface area contributed by atoms with E-state index in [2.05, 4.69) is 46.2 Å². The van der Waals surface area contributed by atoms with Crippen LogP contribution in [-0.4, -0.2) is 13.0 Å². The molecule has 2 aromatic rings. The Morgan fingerprint density at radius 3 is 2.58 bits per heavy atom. The van der Waals surface area contributed by atoms with Gasteiger partial charge < -0.3 is 5.73 Å². The predicted octanol–water partition coefficient (Wildman–Crippen LogP) is 2.39. The third-order valence-corrected chi connectivity index (χ3v) is 3.45. The Balaban J connectivity index is 2.11. The predicted molar refractivity (Wildman–Crippen MR) is 79.4 cm³/mol. The van der Waals surface area contributed by atoms with Gasteiger partial charge in [-0.25, -0.2) is 10.4 Å². The number of nitrogens with two attached hydrogens (primary N) is 1. The van der Waals surface area contributed by atoms with Crippen molar-refractivity contribution in [2.45, 2.75) is 18.8 Å². The molecule has 4 nitrogen and oxygen atoms in total. The summed E-state index contributed by atoms with van der Waals surface area (Å²) in [4.78, 5) is 4.42. The zero-order valence-corrected chi connectivity index (χ0v) is 11.0. The molecule has 2 aromatic carbocycles. The van der Waals surface area contributed by atoms with Gasteiger partial charge in [-0.3, -0.25) is 5.43 Å². The highest BCUT2D eigenvalue weighted by atomic mass is 15.4. The minimum atomic E-state index is 0.367. The average molecular weight is 254 g/mol. The summed E-state index contributed by atoms with van der Waals surface area (Å²) in [6, 6.07) is 12.6. The third kappa shape index (κ3) is 2.39. The van der Waals surface area contributed by atoms with Crippen LogP contribution in [0.25, 0.3) is 10.8 Å². The molecule has 0 spiro atoms. The van der Waals surface area contributed by atoms with Crippen molar-refractivity contribution in [3.05, 3.63) is 42.0 Å². The van der Waals surface area contributed by atoms with E-state index in [9.17, 15) is 0 Å². The summed E-state index contributed by atoms with van der Waals surface area (Å²) in [5, 5.41) is 2.45. The second-order valence-electron chi connectivity index (χ2n) is 4.87. The van der Waals surface area contributed by atoms with Crippen molar-refractivity contribution < 1.29 is 0 Å². The van der Waals surface area contributed by atoms with Gasteiger partial charge in [-0.15, -0.1) is 0 Å². The van der Waals surface area contributed by atoms with Gasteiger partial charge in [0.2, 0.25) is 5.96 Å². The van der Waals surface area contributed by atoms with Gasteiger partial charge in [0.1, 0.15) is 0 Å². The topological polar surface area (TPSA) is 62.4 Å². The maximum atomic E-state index is 5.79. The van der Waals surface area contributed by atoms with E-state index in [1.165, 1.54) is 23.8 Å². The van der Waals surface area contributed by atoms with Crippen LogP contribution >= 0.6 is 0 Å². The Kier molecular flexibility index (Phi) is 3.09. The molecule has 1 aliphatic rings. The van der Waals surface area contributed by atoms with Gasteiger partial charge in [-0.2, -0.15) is 0 Å². The number of aliphatic imine (C=N–C) groups is 1. The largest absolute Gasteiger partial charge is 0.369 e. The Morgan fingerprint density at radius 1 is 1.16 bits per heavy atom. The number of hydrazine groups is 1. The fourth-order valence-electron chi connectivity index (χ4n) is 2.44. The zero-order valence-electron chi connectivity index (χ0n) is 11.0. The van der Waals surface area contributed by atoms with Crippen LogP contribution < -0.4 is 16.6 Å². The van der Waals surface area contributed by atoms with Gasteiger partial charge in [-0.05, 0) is 35.8 Å². The number of rotatable bonds is 3. The van der Waals surface area contributed by atoms with E-state index in [-0.39, 0.29) is 0 Å². The summed E-state index contributed by atoms with van der Waals surface area (Å²) in [7, 11) is 1.76. The zero-order chi connectivity index (χ0) is 13.2. The molecule has 4 heteroatoms. The first-order valence-electron chi connectivity index (χ1n) is 6.58. The molecule has 3 rings (SSSR count). The third-order valence-electron chi connectivity index (χ3n) is 3.45. The minimum absolute atomic E-state index is 0.367. The van der Waals surface area contributed by atoms with E-state index in [1.807, 2.05) is 6.07 Å². The second-order valence-corrected chi connectivity index (χ2v) is 4.87. The molecule has 0 radical (unpaired) electrons. The molecule has 0 aliphatic heterocycles. The molecule has 1 fully saturated rings. The maximum Gasteiger partial charge on any atom is 0.208 e. The summed E-state index contributed by atoms with van der Waals surface area (Å²) < 4.78 is 0. The van der Waals surface area contributed by atoms with Crippen molar-refractivity contribution in [1.82, 2.24) is 10.9 Å². The van der Waals surface area contributed by atoms with Crippen molar-refractivity contribution in [2.24, 2.45) is 10.7 Å². The van der Waals surface area contributed by atoms with Crippen LogP contribution in [0.2, 0.25) is 0 Å². The average Bonchev–Trinajstić information content (AvgIpc) is 3.24. The summed E-state index contributed by atoms with van der Waals surface area (Å²) in [5.74, 6) is 1.10. The van der Waals surface area contributed by atoms with Crippen LogP contribution in [0.15, 0.2) is 41.4 Å². The molecule has 0 heterocycles. The van der Waals surface area contributed by atoms with Crippen molar-refractivity contribution in [2.75, 3.05) is 7.05 Å². The van der Waals surface area contributed by atoms with Gasteiger partial charge in [0.25, 0.3) is 0 Å². The normalized spacial score (nSPS) is 15.7. The fourth-order valence-corrected chi connectivity index (χ4v) is 2.44. The first-order chi connectivity index (χ1) is 9.29. The molecule has 0 unspecified atom stereocenters. The van der Waals surface area contributed by atoms with E-state index in [1.54, 1.807) is 7.05 Å². The monoisotopic (exact) mass is 254 g/mol. The van der Waals surface area contributed by atoms with E-state index in [0.29, 0.717) is 5.96 Å². The van der Waals surface area contributed by atoms with Gasteiger partial charge >= 0.3 is 0 Å². The molecule has 19 heavy (non-hydrogen) atoms. The molecule has 1 saturated carbocycles. The summed E-state index contributed by atoms with van der Waals surface area (Å²) in [6.07, 6.45) is 2.60. The molecule has 0 amide bonds. The van der Waals surface area contributed by atoms with Crippen molar-refractivity contribution in [1.29, 1.82) is 0 Å². The van der Waals surface area contributed by atoms with Crippen molar-refractivity contribution in [3.63, 3.8) is 0 Å². The van der Waals surface area contributed by atoms with E-state index >= 15 is 0 Å². The number of hydrogen-bond donors (Lipinski definition) is 3. The number of hydrogen-bond acceptors (Lipinski definition) is 2. The summed E-state index contributed by atoms with van der Waals surface area (Å²) in [6.45, 7) is 0. The van der Waals surface area contributed by atoms with Crippen LogP contribution in [0, 0.1) is 0 Å². The van der Waals surface area contributed by atoms with E-state index in [4.69, 9.17) is 5.73 Å². The SMILES string of the molecule is CNNC(N)=Nc1ccc(C2CC2)c2ccccc12. The number of nitrogens with zero attached hydrogens (tertiary/aromatic N) is 1. The fraction of sp³-hybridized carbons (Fsp3) is 0.267. The summed E-state index contributed by atoms with van der Waals surface area (Å²) in [5.41, 5.74) is 13.7. The smallest absolute Gasteiger partial charge is 0.208 e. The summed E-state index contributed by atoms with van der Waals surface area (Å²) >= 11 is 0. The molecule has 0 saturated heterocycles. The molecular formula is C15H18N4. The Morgan fingerprint density at radius 2 is 1.89 bits per heavy atom. The Bertz CT molecular complexity index is 629. The van der Waals surface area contributed by atoms with Crippen LogP contribution in [0.4, 0.5) is 5.69 Å². The second kappa shape index (κ2) is 4.90. The van der Waals surface area contributed by atoms with Crippen molar-refractivity contribution in [3.8, 4) is 0 Å². The quantitative estimate of drug-likeness (QED) is 0.448. The van der Waals surface area contributed by atoms with E-state index < -0.39 is 0 Å². The van der Waals surface area contributed by atoms with Crippen LogP contribution in [-0.2, 0) is 0 Å². The molecule has 4 N–H and O–H groups in total. The highest BCUT2D eigenvalue weighted by Crippen LogP contribution is 2.44. The first-order valence-corrected chi connectivity index (χ1v) is 6.58. The number of fused-ring (bicyclic) bond motifs is 1. The number of benzene rings is 2. The van der Waals surface area contributed by atoms with E-state index in [0.717, 1.165) is 17.0 Å². The Hall–Kier alpha value is -2.07.